The molecule has 0 aromatic heterocycles. The van der Waals surface area contributed by atoms with Crippen LogP contribution in [-0.4, -0.2) is 32.0 Å². The van der Waals surface area contributed by atoms with Gasteiger partial charge in [-0.25, -0.2) is 4.79 Å². The first-order chi connectivity index (χ1) is 19.2. The summed E-state index contributed by atoms with van der Waals surface area (Å²) in [5.41, 5.74) is 1.96. The van der Waals surface area contributed by atoms with E-state index in [-0.39, 0.29) is 5.97 Å². The number of aliphatic imine (C=N–C) groups is 1. The maximum Gasteiger partial charge on any atom is 0.330 e. The van der Waals surface area contributed by atoms with Crippen LogP contribution in [0.3, 0.4) is 0 Å². The molecule has 0 radical (unpaired) electrons. The summed E-state index contributed by atoms with van der Waals surface area (Å²) in [4.78, 5) is 15.5. The average molecular weight is 536 g/mol. The van der Waals surface area contributed by atoms with E-state index in [1.165, 1.54) is 70.3 Å². The highest BCUT2D eigenvalue weighted by Crippen LogP contribution is 2.19. The van der Waals surface area contributed by atoms with Crippen LogP contribution in [0.25, 0.3) is 0 Å². The van der Waals surface area contributed by atoms with Crippen molar-refractivity contribution in [3.8, 4) is 11.5 Å². The lowest BCUT2D eigenvalue weighted by atomic mass is 10.1. The van der Waals surface area contributed by atoms with E-state index in [1.807, 2.05) is 54.7 Å². The molecule has 0 bridgehead atoms. The van der Waals surface area contributed by atoms with Crippen LogP contribution < -0.4 is 9.47 Å². The van der Waals surface area contributed by atoms with Gasteiger partial charge in [-0.2, -0.15) is 0 Å². The number of ether oxygens (including phenoxy) is 3. The molecule has 0 amide bonds. The number of carbonyl (C=O) groups excluding carboxylic acids is 1. The van der Waals surface area contributed by atoms with Gasteiger partial charge in [0.2, 0.25) is 0 Å². The van der Waals surface area contributed by atoms with E-state index in [2.05, 4.69) is 18.5 Å². The summed E-state index contributed by atoms with van der Waals surface area (Å²) in [6, 6.07) is 16.1. The van der Waals surface area contributed by atoms with E-state index in [9.17, 15) is 4.79 Å². The molecule has 0 aliphatic heterocycles. The van der Waals surface area contributed by atoms with Gasteiger partial charge in [-0.3, -0.25) is 4.99 Å². The number of hydrogen-bond acceptors (Lipinski definition) is 5. The number of rotatable bonds is 23. The fourth-order valence-electron chi connectivity index (χ4n) is 4.19. The monoisotopic (exact) mass is 535 g/mol. The van der Waals surface area contributed by atoms with E-state index in [4.69, 9.17) is 14.2 Å². The minimum atomic E-state index is -0.326. The Morgan fingerprint density at radius 2 is 1.13 bits per heavy atom. The molecule has 214 valence electrons. The Morgan fingerprint density at radius 3 is 1.64 bits per heavy atom. The largest absolute Gasteiger partial charge is 0.494 e. The predicted molar refractivity (Wildman–Crippen MR) is 163 cm³/mol. The van der Waals surface area contributed by atoms with E-state index in [0.29, 0.717) is 6.61 Å². The lowest BCUT2D eigenvalue weighted by molar-refractivity contribution is -0.137. The van der Waals surface area contributed by atoms with Gasteiger partial charge in [0.25, 0.3) is 0 Å². The Hall–Kier alpha value is -3.08. The smallest absolute Gasteiger partial charge is 0.330 e. The third-order valence-corrected chi connectivity index (χ3v) is 6.56. The summed E-state index contributed by atoms with van der Waals surface area (Å²) in [6.07, 6.45) is 19.9. The van der Waals surface area contributed by atoms with E-state index < -0.39 is 0 Å². The second kappa shape index (κ2) is 21.8. The quantitative estimate of drug-likeness (QED) is 0.0615. The van der Waals surface area contributed by atoms with Crippen LogP contribution in [0.2, 0.25) is 0 Å². The molecule has 0 spiro atoms. The molecule has 0 aliphatic rings. The number of unbranched alkanes of at least 4 members (excludes halogenated alkanes) is 12. The second-order valence-corrected chi connectivity index (χ2v) is 9.99. The van der Waals surface area contributed by atoms with Gasteiger partial charge in [0.05, 0.1) is 25.5 Å². The minimum absolute atomic E-state index is 0.326. The highest BCUT2D eigenvalue weighted by Gasteiger charge is 1.99. The second-order valence-electron chi connectivity index (χ2n) is 9.99. The lowest BCUT2D eigenvalue weighted by Gasteiger charge is -2.07. The zero-order valence-corrected chi connectivity index (χ0v) is 24.1. The van der Waals surface area contributed by atoms with Crippen molar-refractivity contribution in [3.05, 3.63) is 66.7 Å². The van der Waals surface area contributed by atoms with Crippen molar-refractivity contribution >= 4 is 17.9 Å². The average Bonchev–Trinajstić information content (AvgIpc) is 2.97. The first-order valence-corrected chi connectivity index (χ1v) is 15.0. The Bertz CT molecular complexity index is 921. The third kappa shape index (κ3) is 16.5. The zero-order valence-electron chi connectivity index (χ0n) is 24.1. The van der Waals surface area contributed by atoms with Crippen molar-refractivity contribution in [2.75, 3.05) is 19.8 Å². The van der Waals surface area contributed by atoms with Gasteiger partial charge in [0, 0.05) is 12.3 Å². The van der Waals surface area contributed by atoms with Gasteiger partial charge in [-0.15, -0.1) is 0 Å². The summed E-state index contributed by atoms with van der Waals surface area (Å²) in [5, 5.41) is 0. The number of nitrogens with zero attached hydrogens (tertiary/aromatic N) is 1. The fourth-order valence-corrected chi connectivity index (χ4v) is 4.19. The highest BCUT2D eigenvalue weighted by molar-refractivity contribution is 5.82. The standard InChI is InChI=1S/C34H49NO4/c1-3-5-6-12-15-26-38-33-24-20-31(21-25-33)35-29-30-18-22-32(23-19-30)37-27-16-13-10-8-7-9-11-14-17-28-39-34(36)4-2/h4,18-25,29H,2-3,5-17,26-28H2,1H3. The first kappa shape index (κ1) is 32.1. The number of benzene rings is 2. The molecule has 5 heteroatoms. The molecular weight excluding hydrogens is 486 g/mol. The molecule has 5 nitrogen and oxygen atoms in total. The van der Waals surface area contributed by atoms with Gasteiger partial charge in [-0.05, 0) is 73.4 Å². The molecule has 39 heavy (non-hydrogen) atoms. The van der Waals surface area contributed by atoms with Crippen molar-refractivity contribution in [1.82, 2.24) is 0 Å². The first-order valence-electron chi connectivity index (χ1n) is 15.0. The van der Waals surface area contributed by atoms with Crippen LogP contribution >= 0.6 is 0 Å². The molecule has 2 aromatic rings. The fraction of sp³-hybridized carbons (Fsp3) is 0.529. The molecule has 0 aliphatic carbocycles. The SMILES string of the molecule is C=CC(=O)OCCCCCCCCCCCOc1ccc(C=Nc2ccc(OCCCCCCC)cc2)cc1. The Balaban J connectivity index is 1.49. The van der Waals surface area contributed by atoms with E-state index >= 15 is 0 Å². The minimum Gasteiger partial charge on any atom is -0.494 e. The van der Waals surface area contributed by atoms with Gasteiger partial charge < -0.3 is 14.2 Å². The van der Waals surface area contributed by atoms with Crippen molar-refractivity contribution in [3.63, 3.8) is 0 Å². The van der Waals surface area contributed by atoms with Gasteiger partial charge >= 0.3 is 5.97 Å². The molecule has 2 rings (SSSR count). The molecule has 0 saturated carbocycles. The Morgan fingerprint density at radius 1 is 0.667 bits per heavy atom. The lowest BCUT2D eigenvalue weighted by Crippen LogP contribution is -2.01. The van der Waals surface area contributed by atoms with E-state index in [1.54, 1.807) is 0 Å². The van der Waals surface area contributed by atoms with Crippen LogP contribution in [0.5, 0.6) is 11.5 Å². The van der Waals surface area contributed by atoms with Crippen molar-refractivity contribution < 1.29 is 19.0 Å². The van der Waals surface area contributed by atoms with Gasteiger partial charge in [-0.1, -0.05) is 84.1 Å². The van der Waals surface area contributed by atoms with Crippen molar-refractivity contribution in [2.45, 2.75) is 96.8 Å². The maximum absolute atomic E-state index is 11.0. The third-order valence-electron chi connectivity index (χ3n) is 6.56. The summed E-state index contributed by atoms with van der Waals surface area (Å²) in [7, 11) is 0. The van der Waals surface area contributed by atoms with Gasteiger partial charge in [0.15, 0.2) is 0 Å². The molecule has 0 atom stereocenters. The Labute approximate surface area is 236 Å². The molecule has 0 saturated heterocycles. The molecule has 0 unspecified atom stereocenters. The molecule has 0 heterocycles. The maximum atomic E-state index is 11.0. The van der Waals surface area contributed by atoms with E-state index in [0.717, 1.165) is 61.6 Å². The summed E-state index contributed by atoms with van der Waals surface area (Å²) >= 11 is 0. The van der Waals surface area contributed by atoms with Crippen LogP contribution in [-0.2, 0) is 9.53 Å². The van der Waals surface area contributed by atoms with Crippen molar-refractivity contribution in [2.24, 2.45) is 4.99 Å². The van der Waals surface area contributed by atoms with Crippen LogP contribution in [0.1, 0.15) is 102 Å². The Kier molecular flexibility index (Phi) is 18.0. The molecule has 0 fully saturated rings. The van der Waals surface area contributed by atoms with Crippen LogP contribution in [0.15, 0.2) is 66.2 Å². The summed E-state index contributed by atoms with van der Waals surface area (Å²) in [6.45, 7) is 7.67. The van der Waals surface area contributed by atoms with Crippen molar-refractivity contribution in [1.29, 1.82) is 0 Å². The van der Waals surface area contributed by atoms with Crippen LogP contribution in [0, 0.1) is 0 Å². The molecule has 0 N–H and O–H groups in total. The molecule has 2 aromatic carbocycles. The number of esters is 1. The summed E-state index contributed by atoms with van der Waals surface area (Å²) in [5.74, 6) is 1.48. The topological polar surface area (TPSA) is 57.1 Å². The van der Waals surface area contributed by atoms with Crippen LogP contribution in [0.4, 0.5) is 5.69 Å². The number of carbonyl (C=O) groups is 1. The number of hydrogen-bond donors (Lipinski definition) is 0. The normalized spacial score (nSPS) is 11.0. The molecular formula is C34H49NO4. The van der Waals surface area contributed by atoms with Gasteiger partial charge in [0.1, 0.15) is 11.5 Å². The predicted octanol–water partition coefficient (Wildman–Crippen LogP) is 9.41. The zero-order chi connectivity index (χ0) is 27.8. The summed E-state index contributed by atoms with van der Waals surface area (Å²) < 4.78 is 16.7. The highest BCUT2D eigenvalue weighted by atomic mass is 16.5.